The van der Waals surface area contributed by atoms with Crippen LogP contribution in [0.3, 0.4) is 0 Å². The lowest BCUT2D eigenvalue weighted by Crippen LogP contribution is -2.06. The van der Waals surface area contributed by atoms with Crippen molar-refractivity contribution in [2.24, 2.45) is 0 Å². The monoisotopic (exact) mass is 713 g/mol. The zero-order chi connectivity index (χ0) is 36.7. The Bertz CT molecular complexity index is 3530. The molecule has 0 bridgehead atoms. The van der Waals surface area contributed by atoms with Crippen LogP contribution in [0.2, 0.25) is 0 Å². The van der Waals surface area contributed by atoms with E-state index in [-0.39, 0.29) is 0 Å². The van der Waals surface area contributed by atoms with Crippen LogP contribution in [0.15, 0.2) is 188 Å². The van der Waals surface area contributed by atoms with E-state index in [1.54, 1.807) is 0 Å². The summed E-state index contributed by atoms with van der Waals surface area (Å²) < 4.78 is 4.76. The molecule has 0 fully saturated rings. The Morgan fingerprint density at radius 3 is 1.36 bits per heavy atom. The summed E-state index contributed by atoms with van der Waals surface area (Å²) in [7, 11) is 0. The lowest BCUT2D eigenvalue weighted by molar-refractivity contribution is 0.955. The molecule has 4 heterocycles. The molecule has 0 aliphatic carbocycles. The van der Waals surface area contributed by atoms with E-state index >= 15 is 0 Å². The van der Waals surface area contributed by atoms with Gasteiger partial charge in [0.25, 0.3) is 0 Å². The van der Waals surface area contributed by atoms with Crippen molar-refractivity contribution in [2.75, 3.05) is 0 Å². The van der Waals surface area contributed by atoms with Crippen molar-refractivity contribution < 1.29 is 0 Å². The minimum absolute atomic E-state index is 0.578. The van der Waals surface area contributed by atoms with Crippen LogP contribution >= 0.6 is 0 Å². The van der Waals surface area contributed by atoms with E-state index in [0.717, 1.165) is 49.4 Å². The molecule has 0 amide bonds. The molecule has 12 rings (SSSR count). The third-order valence-electron chi connectivity index (χ3n) is 11.3. The largest absolute Gasteiger partial charge is 0.308 e. The average Bonchev–Trinajstić information content (AvgIpc) is 3.81. The standard InChI is InChI=1S/C51H31N5/c1-3-16-32(17-4-1)49-52-50(33-18-5-2-6-19-33)54-51(53-49)56-44-29-14-12-25-39(44)41-30-31-45-46(48(41)56)42-27-15-26-40-37-23-10-8-21-35(37)34-20-7-9-22-36(34)38-24-11-13-28-43(38)55(45)47(40)42/h1-31H. The number of nitrogens with zero attached hydrogens (tertiary/aromatic N) is 5. The van der Waals surface area contributed by atoms with E-state index in [9.17, 15) is 0 Å². The number of aromatic nitrogens is 5. The summed E-state index contributed by atoms with van der Waals surface area (Å²) in [5, 5.41) is 11.8. The zero-order valence-corrected chi connectivity index (χ0v) is 30.1. The molecule has 4 aromatic heterocycles. The molecular formula is C51H31N5. The van der Waals surface area contributed by atoms with Crippen LogP contribution < -0.4 is 0 Å². The van der Waals surface area contributed by atoms with Crippen molar-refractivity contribution in [2.45, 2.75) is 0 Å². The van der Waals surface area contributed by atoms with Gasteiger partial charge in [0.15, 0.2) is 11.6 Å². The molecule has 8 aromatic carbocycles. The minimum atomic E-state index is 0.578. The molecule has 12 aromatic rings. The normalized spacial score (nSPS) is 11.9. The van der Waals surface area contributed by atoms with Gasteiger partial charge in [-0.3, -0.25) is 4.57 Å². The van der Waals surface area contributed by atoms with E-state index in [2.05, 4.69) is 161 Å². The maximum Gasteiger partial charge on any atom is 0.238 e. The van der Waals surface area contributed by atoms with Crippen molar-refractivity contribution >= 4 is 81.4 Å². The van der Waals surface area contributed by atoms with Crippen LogP contribution in [-0.2, 0) is 0 Å². The molecule has 0 spiro atoms. The molecule has 0 unspecified atom stereocenters. The highest BCUT2D eigenvalue weighted by molar-refractivity contribution is 6.31. The van der Waals surface area contributed by atoms with Crippen molar-refractivity contribution in [1.82, 2.24) is 23.9 Å². The van der Waals surface area contributed by atoms with Gasteiger partial charge in [-0.15, -0.1) is 0 Å². The molecule has 0 radical (unpaired) electrons. The Kier molecular flexibility index (Phi) is 6.56. The van der Waals surface area contributed by atoms with Crippen LogP contribution in [-0.4, -0.2) is 23.9 Å². The maximum absolute atomic E-state index is 5.28. The summed E-state index contributed by atoms with van der Waals surface area (Å²) in [5.74, 6) is 1.83. The van der Waals surface area contributed by atoms with Crippen molar-refractivity contribution in [3.05, 3.63) is 188 Å². The number of fused-ring (bicyclic) bond motifs is 14. The molecule has 260 valence electrons. The summed E-state index contributed by atoms with van der Waals surface area (Å²) in [5.41, 5.74) is 7.41. The fourth-order valence-corrected chi connectivity index (χ4v) is 8.98. The van der Waals surface area contributed by atoms with E-state index in [1.165, 1.54) is 43.2 Å². The molecule has 0 aliphatic heterocycles. The number of benzene rings is 8. The predicted molar refractivity (Wildman–Crippen MR) is 232 cm³/mol. The molecule has 0 atom stereocenters. The van der Waals surface area contributed by atoms with Gasteiger partial charge in [0.05, 0.1) is 27.6 Å². The Morgan fingerprint density at radius 1 is 0.286 bits per heavy atom. The number of rotatable bonds is 3. The van der Waals surface area contributed by atoms with Gasteiger partial charge < -0.3 is 4.40 Å². The van der Waals surface area contributed by atoms with Gasteiger partial charge in [0.2, 0.25) is 5.95 Å². The first-order chi connectivity index (χ1) is 27.8. The fourth-order valence-electron chi connectivity index (χ4n) is 8.98. The molecule has 56 heavy (non-hydrogen) atoms. The van der Waals surface area contributed by atoms with Gasteiger partial charge in [-0.2, -0.15) is 9.97 Å². The Labute approximate surface area is 321 Å². The summed E-state index contributed by atoms with van der Waals surface area (Å²) in [4.78, 5) is 15.6. The van der Waals surface area contributed by atoms with Gasteiger partial charge in [-0.05, 0) is 39.7 Å². The quantitative estimate of drug-likeness (QED) is 0.183. The number of para-hydroxylation sites is 3. The van der Waals surface area contributed by atoms with Crippen LogP contribution in [0.4, 0.5) is 0 Å². The van der Waals surface area contributed by atoms with Crippen molar-refractivity contribution in [1.29, 1.82) is 0 Å². The highest BCUT2D eigenvalue weighted by atomic mass is 15.2. The molecule has 0 aliphatic rings. The first-order valence-electron chi connectivity index (χ1n) is 19.0. The molecule has 5 nitrogen and oxygen atoms in total. The fraction of sp³-hybridized carbons (Fsp3) is 0. The molecule has 0 saturated carbocycles. The van der Waals surface area contributed by atoms with Crippen molar-refractivity contribution in [3.8, 4) is 28.7 Å². The summed E-state index contributed by atoms with van der Waals surface area (Å²) in [6.07, 6.45) is 0. The molecule has 5 heteroatoms. The number of hydrogen-bond acceptors (Lipinski definition) is 3. The van der Waals surface area contributed by atoms with Gasteiger partial charge in [0.1, 0.15) is 0 Å². The first kappa shape index (κ1) is 30.8. The van der Waals surface area contributed by atoms with Crippen LogP contribution in [0.25, 0.3) is 110 Å². The van der Waals surface area contributed by atoms with Crippen LogP contribution in [0.1, 0.15) is 0 Å². The minimum Gasteiger partial charge on any atom is -0.308 e. The second-order valence-electron chi connectivity index (χ2n) is 14.4. The third kappa shape index (κ3) is 4.39. The second-order valence-corrected chi connectivity index (χ2v) is 14.4. The van der Waals surface area contributed by atoms with Gasteiger partial charge in [-0.25, -0.2) is 4.98 Å². The van der Waals surface area contributed by atoms with E-state index in [4.69, 9.17) is 15.0 Å². The second kappa shape index (κ2) is 11.9. The van der Waals surface area contributed by atoms with Crippen LogP contribution in [0.5, 0.6) is 0 Å². The Balaban J connectivity index is 1.34. The lowest BCUT2D eigenvalue weighted by Gasteiger charge is -2.11. The van der Waals surface area contributed by atoms with Gasteiger partial charge >= 0.3 is 0 Å². The molecule has 0 saturated heterocycles. The van der Waals surface area contributed by atoms with Crippen molar-refractivity contribution in [3.63, 3.8) is 0 Å². The molecular weight excluding hydrogens is 683 g/mol. The smallest absolute Gasteiger partial charge is 0.238 e. The van der Waals surface area contributed by atoms with E-state index in [0.29, 0.717) is 17.6 Å². The number of hydrogen-bond donors (Lipinski definition) is 0. The van der Waals surface area contributed by atoms with Gasteiger partial charge in [0, 0.05) is 43.4 Å². The Morgan fingerprint density at radius 2 is 0.732 bits per heavy atom. The summed E-state index contributed by atoms with van der Waals surface area (Å²) in [6.45, 7) is 0. The predicted octanol–water partition coefficient (Wildman–Crippen LogP) is 12.9. The topological polar surface area (TPSA) is 48.0 Å². The highest BCUT2D eigenvalue weighted by Gasteiger charge is 2.23. The highest BCUT2D eigenvalue weighted by Crippen LogP contribution is 2.44. The van der Waals surface area contributed by atoms with Gasteiger partial charge in [-0.1, -0.05) is 170 Å². The maximum atomic E-state index is 5.28. The summed E-state index contributed by atoms with van der Waals surface area (Å²) in [6, 6.07) is 66.9. The first-order valence-corrected chi connectivity index (χ1v) is 19.0. The molecule has 0 N–H and O–H groups in total. The Hall–Kier alpha value is -7.63. The average molecular weight is 714 g/mol. The lowest BCUT2D eigenvalue weighted by atomic mass is 10.0. The van der Waals surface area contributed by atoms with Crippen LogP contribution in [0, 0.1) is 0 Å². The van der Waals surface area contributed by atoms with E-state index in [1.807, 2.05) is 36.4 Å². The van der Waals surface area contributed by atoms with E-state index < -0.39 is 0 Å². The SMILES string of the molecule is c1ccc(-c2nc(-c3ccccc3)nc(-n3c4ccccc4c4ccc5c(c6cccc7c8ccccc8c8ccccc8c8ccccc8n5c76)c43)n2)cc1. The zero-order valence-electron chi connectivity index (χ0n) is 30.1. The summed E-state index contributed by atoms with van der Waals surface area (Å²) >= 11 is 0. The third-order valence-corrected chi connectivity index (χ3v) is 11.3.